The van der Waals surface area contributed by atoms with Crippen LogP contribution in [0.1, 0.15) is 22.8 Å². The van der Waals surface area contributed by atoms with Crippen molar-refractivity contribution < 1.29 is 14.3 Å². The number of hydrogen-bond donors (Lipinski definition) is 1. The van der Waals surface area contributed by atoms with Crippen molar-refractivity contribution in [2.45, 2.75) is 13.8 Å². The van der Waals surface area contributed by atoms with Crippen LogP contribution in [-0.2, 0) is 0 Å². The maximum Gasteiger partial charge on any atom is 0.255 e. The Balaban J connectivity index is 1.62. The van der Waals surface area contributed by atoms with Crippen LogP contribution in [0.2, 0.25) is 0 Å². The highest BCUT2D eigenvalue weighted by molar-refractivity contribution is 6.04. The van der Waals surface area contributed by atoms with Crippen LogP contribution in [0.4, 0.5) is 5.69 Å². The summed E-state index contributed by atoms with van der Waals surface area (Å²) in [5.74, 6) is 2.06. The number of ether oxygens (including phenoxy) is 2. The molecule has 4 nitrogen and oxygen atoms in total. The van der Waals surface area contributed by atoms with Crippen molar-refractivity contribution in [2.24, 2.45) is 0 Å². The molecule has 0 fully saturated rings. The number of hydrogen-bond acceptors (Lipinski definition) is 3. The molecular weight excluding hydrogens is 326 g/mol. The Kier molecular flexibility index (Phi) is 5.54. The first kappa shape index (κ1) is 17.5. The molecule has 3 aromatic carbocycles. The van der Waals surface area contributed by atoms with Gasteiger partial charge in [-0.15, -0.1) is 0 Å². The highest BCUT2D eigenvalue weighted by Crippen LogP contribution is 2.22. The van der Waals surface area contributed by atoms with Crippen LogP contribution in [0.5, 0.6) is 17.2 Å². The Labute approximate surface area is 153 Å². The second-order valence-electron chi connectivity index (χ2n) is 5.85. The molecular formula is C22H21NO3. The van der Waals surface area contributed by atoms with Crippen LogP contribution in [0.25, 0.3) is 0 Å². The van der Waals surface area contributed by atoms with Gasteiger partial charge in [0, 0.05) is 11.3 Å². The molecule has 4 heteroatoms. The van der Waals surface area contributed by atoms with Gasteiger partial charge in [0.1, 0.15) is 17.2 Å². The predicted octanol–water partition coefficient (Wildman–Crippen LogP) is 5.44. The third-order valence-electron chi connectivity index (χ3n) is 3.80. The summed E-state index contributed by atoms with van der Waals surface area (Å²) >= 11 is 0. The lowest BCUT2D eigenvalue weighted by Gasteiger charge is -2.09. The SMILES string of the molecule is CCOc1ccc(NC(=O)c2ccc(Oc3ccc(C)cc3)cc2)cc1. The molecule has 0 radical (unpaired) electrons. The van der Waals surface area contributed by atoms with E-state index in [0.717, 1.165) is 17.2 Å². The fourth-order valence-electron chi connectivity index (χ4n) is 2.42. The minimum Gasteiger partial charge on any atom is -0.494 e. The van der Waals surface area contributed by atoms with Crippen LogP contribution in [-0.4, -0.2) is 12.5 Å². The maximum atomic E-state index is 12.3. The molecule has 0 spiro atoms. The average Bonchev–Trinajstić information content (AvgIpc) is 2.66. The summed E-state index contributed by atoms with van der Waals surface area (Å²) < 4.78 is 11.2. The third kappa shape index (κ3) is 4.63. The van der Waals surface area contributed by atoms with E-state index in [2.05, 4.69) is 5.32 Å². The van der Waals surface area contributed by atoms with Gasteiger partial charge in [-0.05, 0) is 74.5 Å². The summed E-state index contributed by atoms with van der Waals surface area (Å²) in [5, 5.41) is 2.87. The molecule has 3 rings (SSSR count). The lowest BCUT2D eigenvalue weighted by molar-refractivity contribution is 0.102. The highest BCUT2D eigenvalue weighted by atomic mass is 16.5. The van der Waals surface area contributed by atoms with Crippen molar-refractivity contribution in [2.75, 3.05) is 11.9 Å². The fourth-order valence-corrected chi connectivity index (χ4v) is 2.42. The van der Waals surface area contributed by atoms with E-state index < -0.39 is 0 Å². The average molecular weight is 347 g/mol. The Morgan fingerprint density at radius 3 is 1.92 bits per heavy atom. The number of carbonyl (C=O) groups excluding carboxylic acids is 1. The summed E-state index contributed by atoms with van der Waals surface area (Å²) in [7, 11) is 0. The topological polar surface area (TPSA) is 47.6 Å². The molecule has 0 aromatic heterocycles. The Hall–Kier alpha value is -3.27. The van der Waals surface area contributed by atoms with Gasteiger partial charge in [0.25, 0.3) is 5.91 Å². The van der Waals surface area contributed by atoms with Gasteiger partial charge >= 0.3 is 0 Å². The molecule has 0 bridgehead atoms. The van der Waals surface area contributed by atoms with E-state index in [0.29, 0.717) is 17.9 Å². The van der Waals surface area contributed by atoms with Crippen molar-refractivity contribution >= 4 is 11.6 Å². The van der Waals surface area contributed by atoms with Crippen LogP contribution in [0.15, 0.2) is 72.8 Å². The van der Waals surface area contributed by atoms with Crippen molar-refractivity contribution in [3.63, 3.8) is 0 Å². The molecule has 0 saturated carbocycles. The van der Waals surface area contributed by atoms with Crippen LogP contribution in [0, 0.1) is 6.92 Å². The summed E-state index contributed by atoms with van der Waals surface area (Å²) in [5.41, 5.74) is 2.47. The smallest absolute Gasteiger partial charge is 0.255 e. The Bertz CT molecular complexity index is 853. The lowest BCUT2D eigenvalue weighted by Crippen LogP contribution is -2.11. The quantitative estimate of drug-likeness (QED) is 0.646. The van der Waals surface area contributed by atoms with E-state index in [-0.39, 0.29) is 5.91 Å². The van der Waals surface area contributed by atoms with E-state index >= 15 is 0 Å². The molecule has 0 heterocycles. The van der Waals surface area contributed by atoms with Gasteiger partial charge in [0.15, 0.2) is 0 Å². The number of benzene rings is 3. The molecule has 3 aromatic rings. The number of aryl methyl sites for hydroxylation is 1. The summed E-state index contributed by atoms with van der Waals surface area (Å²) in [6.45, 7) is 4.58. The van der Waals surface area contributed by atoms with E-state index in [4.69, 9.17) is 9.47 Å². The molecule has 0 saturated heterocycles. The predicted molar refractivity (Wildman–Crippen MR) is 103 cm³/mol. The third-order valence-corrected chi connectivity index (χ3v) is 3.80. The first-order valence-corrected chi connectivity index (χ1v) is 8.53. The first-order valence-electron chi connectivity index (χ1n) is 8.53. The minimum atomic E-state index is -0.170. The summed E-state index contributed by atoms with van der Waals surface area (Å²) in [4.78, 5) is 12.3. The Morgan fingerprint density at radius 1 is 0.808 bits per heavy atom. The van der Waals surface area contributed by atoms with Crippen LogP contribution >= 0.6 is 0 Å². The number of anilines is 1. The van der Waals surface area contributed by atoms with Gasteiger partial charge in [0.05, 0.1) is 6.61 Å². The lowest BCUT2D eigenvalue weighted by atomic mass is 10.2. The van der Waals surface area contributed by atoms with E-state index in [9.17, 15) is 4.79 Å². The molecule has 1 N–H and O–H groups in total. The standard InChI is InChI=1S/C22H21NO3/c1-3-25-19-14-8-18(9-15-19)23-22(24)17-6-12-21(13-7-17)26-20-10-4-16(2)5-11-20/h4-15H,3H2,1-2H3,(H,23,24). The van der Waals surface area contributed by atoms with Gasteiger partial charge in [-0.1, -0.05) is 17.7 Å². The largest absolute Gasteiger partial charge is 0.494 e. The van der Waals surface area contributed by atoms with Crippen LogP contribution < -0.4 is 14.8 Å². The molecule has 1 amide bonds. The summed E-state index contributed by atoms with van der Waals surface area (Å²) in [6, 6.07) is 22.2. The van der Waals surface area contributed by atoms with E-state index in [1.54, 1.807) is 24.3 Å². The second kappa shape index (κ2) is 8.21. The van der Waals surface area contributed by atoms with Crippen molar-refractivity contribution in [3.8, 4) is 17.2 Å². The minimum absolute atomic E-state index is 0.170. The molecule has 0 unspecified atom stereocenters. The van der Waals surface area contributed by atoms with Crippen LogP contribution in [0.3, 0.4) is 0 Å². The van der Waals surface area contributed by atoms with Gasteiger partial charge in [0.2, 0.25) is 0 Å². The first-order chi connectivity index (χ1) is 12.6. The zero-order chi connectivity index (χ0) is 18.4. The Morgan fingerprint density at radius 2 is 1.35 bits per heavy atom. The zero-order valence-electron chi connectivity index (χ0n) is 14.9. The van der Waals surface area contributed by atoms with Gasteiger partial charge in [-0.2, -0.15) is 0 Å². The molecule has 0 aliphatic carbocycles. The molecule has 0 atom stereocenters. The number of nitrogens with one attached hydrogen (secondary N) is 1. The molecule has 26 heavy (non-hydrogen) atoms. The molecule has 132 valence electrons. The van der Waals surface area contributed by atoms with Gasteiger partial charge < -0.3 is 14.8 Å². The van der Waals surface area contributed by atoms with E-state index in [1.807, 2.05) is 62.4 Å². The molecule has 0 aliphatic rings. The second-order valence-corrected chi connectivity index (χ2v) is 5.85. The monoisotopic (exact) mass is 347 g/mol. The zero-order valence-corrected chi connectivity index (χ0v) is 14.9. The van der Waals surface area contributed by atoms with E-state index in [1.165, 1.54) is 5.56 Å². The van der Waals surface area contributed by atoms with Gasteiger partial charge in [-0.25, -0.2) is 0 Å². The number of rotatable bonds is 6. The van der Waals surface area contributed by atoms with Gasteiger partial charge in [-0.3, -0.25) is 4.79 Å². The summed E-state index contributed by atoms with van der Waals surface area (Å²) in [6.07, 6.45) is 0. The van der Waals surface area contributed by atoms with Crippen molar-refractivity contribution in [1.82, 2.24) is 0 Å². The molecule has 0 aliphatic heterocycles. The normalized spacial score (nSPS) is 10.2. The number of amides is 1. The fraction of sp³-hybridized carbons (Fsp3) is 0.136. The number of carbonyl (C=O) groups is 1. The maximum absolute atomic E-state index is 12.3. The van der Waals surface area contributed by atoms with Crippen molar-refractivity contribution in [1.29, 1.82) is 0 Å². The van der Waals surface area contributed by atoms with Crippen molar-refractivity contribution in [3.05, 3.63) is 83.9 Å². The highest BCUT2D eigenvalue weighted by Gasteiger charge is 2.07.